The zero-order valence-electron chi connectivity index (χ0n) is 13.1. The molecular weight excluding hydrogens is 264 g/mol. The Bertz CT molecular complexity index is 477. The second-order valence-electron chi connectivity index (χ2n) is 7.32. The second kappa shape index (κ2) is 5.42. The summed E-state index contributed by atoms with van der Waals surface area (Å²) in [4.78, 5) is 0. The molecule has 1 aromatic rings. The summed E-state index contributed by atoms with van der Waals surface area (Å²) in [5.41, 5.74) is 9.68. The Hall–Kier alpha value is -0.410. The summed E-state index contributed by atoms with van der Waals surface area (Å²) in [6.45, 7) is 6.99. The van der Waals surface area contributed by atoms with E-state index in [1.54, 1.807) is 0 Å². The van der Waals surface area contributed by atoms with Crippen molar-refractivity contribution in [2.75, 3.05) is 5.75 Å². The van der Waals surface area contributed by atoms with E-state index < -0.39 is 0 Å². The Morgan fingerprint density at radius 2 is 2.20 bits per heavy atom. The van der Waals surface area contributed by atoms with Crippen LogP contribution in [-0.4, -0.2) is 15.6 Å². The summed E-state index contributed by atoms with van der Waals surface area (Å²) >= 11 is 2.14. The summed E-state index contributed by atoms with van der Waals surface area (Å²) in [6.07, 6.45) is 8.68. The maximum atomic E-state index is 6.39. The zero-order chi connectivity index (χ0) is 14.3. The standard InChI is InChI=1S/C17H28N2S/c1-4-20-13-6-5-12(9-13)19-8-7-14-15(18)10-17(2,3)11-16(14)19/h7-8,12-13,15H,4-6,9-11,18H2,1-3H3. The highest BCUT2D eigenvalue weighted by molar-refractivity contribution is 7.99. The molecule has 3 atom stereocenters. The van der Waals surface area contributed by atoms with E-state index in [0.717, 1.165) is 11.7 Å². The van der Waals surface area contributed by atoms with Crippen LogP contribution in [0.5, 0.6) is 0 Å². The van der Waals surface area contributed by atoms with Crippen molar-refractivity contribution in [2.24, 2.45) is 11.1 Å². The number of hydrogen-bond donors (Lipinski definition) is 1. The van der Waals surface area contributed by atoms with Crippen LogP contribution >= 0.6 is 11.8 Å². The van der Waals surface area contributed by atoms with Crippen molar-refractivity contribution < 1.29 is 0 Å². The van der Waals surface area contributed by atoms with Crippen LogP contribution in [0.3, 0.4) is 0 Å². The Balaban J connectivity index is 1.83. The summed E-state index contributed by atoms with van der Waals surface area (Å²) < 4.78 is 2.58. The fraction of sp³-hybridized carbons (Fsp3) is 0.765. The van der Waals surface area contributed by atoms with Crippen molar-refractivity contribution in [1.29, 1.82) is 0 Å². The van der Waals surface area contributed by atoms with Crippen LogP contribution in [0.1, 0.15) is 69.8 Å². The minimum absolute atomic E-state index is 0.234. The van der Waals surface area contributed by atoms with Gasteiger partial charge in [0.2, 0.25) is 0 Å². The van der Waals surface area contributed by atoms with Gasteiger partial charge in [0.1, 0.15) is 0 Å². The van der Waals surface area contributed by atoms with Gasteiger partial charge >= 0.3 is 0 Å². The van der Waals surface area contributed by atoms with E-state index >= 15 is 0 Å². The van der Waals surface area contributed by atoms with Gasteiger partial charge in [-0.15, -0.1) is 0 Å². The number of hydrogen-bond acceptors (Lipinski definition) is 2. The van der Waals surface area contributed by atoms with Crippen molar-refractivity contribution in [2.45, 2.75) is 70.2 Å². The molecule has 0 spiro atoms. The van der Waals surface area contributed by atoms with E-state index in [0.29, 0.717) is 11.5 Å². The normalized spacial score (nSPS) is 32.3. The molecule has 3 rings (SSSR count). The minimum Gasteiger partial charge on any atom is -0.348 e. The third-order valence-electron chi connectivity index (χ3n) is 5.03. The fourth-order valence-corrected chi connectivity index (χ4v) is 5.29. The quantitative estimate of drug-likeness (QED) is 0.900. The van der Waals surface area contributed by atoms with Gasteiger partial charge in [-0.05, 0) is 54.9 Å². The Kier molecular flexibility index (Phi) is 3.93. The average molecular weight is 292 g/mol. The molecule has 0 saturated heterocycles. The molecule has 3 unspecified atom stereocenters. The summed E-state index contributed by atoms with van der Waals surface area (Å²) in [7, 11) is 0. The van der Waals surface area contributed by atoms with Gasteiger partial charge in [-0.2, -0.15) is 11.8 Å². The molecule has 0 radical (unpaired) electrons. The first-order valence-corrected chi connectivity index (χ1v) is 9.12. The van der Waals surface area contributed by atoms with Gasteiger partial charge < -0.3 is 10.3 Å². The highest BCUT2D eigenvalue weighted by Crippen LogP contribution is 2.44. The predicted molar refractivity (Wildman–Crippen MR) is 88.3 cm³/mol. The van der Waals surface area contributed by atoms with Gasteiger partial charge in [0.05, 0.1) is 0 Å². The number of thioether (sulfide) groups is 1. The molecule has 0 bridgehead atoms. The van der Waals surface area contributed by atoms with Crippen LogP contribution in [0.2, 0.25) is 0 Å². The minimum atomic E-state index is 0.234. The van der Waals surface area contributed by atoms with Crippen molar-refractivity contribution in [3.8, 4) is 0 Å². The number of nitrogens with two attached hydrogens (primary N) is 1. The van der Waals surface area contributed by atoms with E-state index in [-0.39, 0.29) is 6.04 Å². The van der Waals surface area contributed by atoms with Gasteiger partial charge in [0, 0.05) is 29.2 Å². The smallest absolute Gasteiger partial charge is 0.0344 e. The van der Waals surface area contributed by atoms with Crippen molar-refractivity contribution >= 4 is 11.8 Å². The number of aromatic nitrogens is 1. The summed E-state index contributed by atoms with van der Waals surface area (Å²) in [5, 5.41) is 0.869. The highest BCUT2D eigenvalue weighted by Gasteiger charge is 2.35. The summed E-state index contributed by atoms with van der Waals surface area (Å²) in [5.74, 6) is 1.25. The lowest BCUT2D eigenvalue weighted by Crippen LogP contribution is -2.31. The van der Waals surface area contributed by atoms with Crippen LogP contribution < -0.4 is 5.73 Å². The monoisotopic (exact) mass is 292 g/mol. The van der Waals surface area contributed by atoms with E-state index in [9.17, 15) is 0 Å². The second-order valence-corrected chi connectivity index (χ2v) is 8.90. The predicted octanol–water partition coefficient (Wildman–Crippen LogP) is 4.31. The largest absolute Gasteiger partial charge is 0.348 e. The lowest BCUT2D eigenvalue weighted by Gasteiger charge is -2.35. The van der Waals surface area contributed by atoms with E-state index in [2.05, 4.69) is 49.4 Å². The van der Waals surface area contributed by atoms with Crippen LogP contribution in [0.4, 0.5) is 0 Å². The first kappa shape index (κ1) is 14.5. The van der Waals surface area contributed by atoms with Crippen molar-refractivity contribution in [1.82, 2.24) is 4.57 Å². The lowest BCUT2D eigenvalue weighted by atomic mass is 9.74. The van der Waals surface area contributed by atoms with Crippen LogP contribution in [-0.2, 0) is 6.42 Å². The Morgan fingerprint density at radius 1 is 1.40 bits per heavy atom. The maximum absolute atomic E-state index is 6.39. The molecule has 1 fully saturated rings. The van der Waals surface area contributed by atoms with Gasteiger partial charge in [-0.1, -0.05) is 20.8 Å². The SMILES string of the molecule is CCSC1CCC(n2ccc3c2CC(C)(C)CC3N)C1. The third kappa shape index (κ3) is 2.67. The van der Waals surface area contributed by atoms with Crippen molar-refractivity contribution in [3.63, 3.8) is 0 Å². The molecule has 0 aromatic carbocycles. The molecule has 2 aliphatic carbocycles. The molecule has 2 aliphatic rings. The van der Waals surface area contributed by atoms with Crippen LogP contribution in [0.15, 0.2) is 12.3 Å². The Morgan fingerprint density at radius 3 is 2.95 bits per heavy atom. The molecular formula is C17H28N2S. The Labute approximate surface area is 127 Å². The molecule has 3 heteroatoms. The zero-order valence-corrected chi connectivity index (χ0v) is 13.9. The van der Waals surface area contributed by atoms with Gasteiger partial charge in [-0.3, -0.25) is 0 Å². The van der Waals surface area contributed by atoms with Crippen molar-refractivity contribution in [3.05, 3.63) is 23.5 Å². The third-order valence-corrected chi connectivity index (χ3v) is 6.26. The molecule has 1 aromatic heterocycles. The molecule has 20 heavy (non-hydrogen) atoms. The molecule has 1 saturated carbocycles. The highest BCUT2D eigenvalue weighted by atomic mass is 32.2. The van der Waals surface area contributed by atoms with Gasteiger partial charge in [0.15, 0.2) is 0 Å². The van der Waals surface area contributed by atoms with Gasteiger partial charge in [-0.25, -0.2) is 0 Å². The first-order chi connectivity index (χ1) is 9.50. The van der Waals surface area contributed by atoms with E-state index in [4.69, 9.17) is 5.73 Å². The summed E-state index contributed by atoms with van der Waals surface area (Å²) in [6, 6.07) is 3.23. The number of rotatable bonds is 3. The van der Waals surface area contributed by atoms with Crippen LogP contribution in [0, 0.1) is 5.41 Å². The van der Waals surface area contributed by atoms with Crippen LogP contribution in [0.25, 0.3) is 0 Å². The molecule has 2 nitrogen and oxygen atoms in total. The number of fused-ring (bicyclic) bond motifs is 1. The maximum Gasteiger partial charge on any atom is 0.0344 e. The van der Waals surface area contributed by atoms with E-state index in [1.807, 2.05) is 0 Å². The fourth-order valence-electron chi connectivity index (χ4n) is 4.16. The van der Waals surface area contributed by atoms with Gasteiger partial charge in [0.25, 0.3) is 0 Å². The first-order valence-electron chi connectivity index (χ1n) is 8.07. The molecule has 2 N–H and O–H groups in total. The van der Waals surface area contributed by atoms with E-state index in [1.165, 1.54) is 42.7 Å². The molecule has 112 valence electrons. The lowest BCUT2D eigenvalue weighted by molar-refractivity contribution is 0.271. The molecule has 0 aliphatic heterocycles. The number of nitrogens with zero attached hydrogens (tertiary/aromatic N) is 1. The molecule has 1 heterocycles. The average Bonchev–Trinajstić information content (AvgIpc) is 2.94. The molecule has 0 amide bonds. The topological polar surface area (TPSA) is 30.9 Å².